The van der Waals surface area contributed by atoms with Gasteiger partial charge in [0.25, 0.3) is 0 Å². The van der Waals surface area contributed by atoms with Gasteiger partial charge in [0.05, 0.1) is 0 Å². The highest BCUT2D eigenvalue weighted by atomic mass is 15.2. The van der Waals surface area contributed by atoms with Crippen LogP contribution in [0.4, 0.5) is 0 Å². The minimum atomic E-state index is 0.0351. The maximum absolute atomic E-state index is 6.73. The van der Waals surface area contributed by atoms with Crippen LogP contribution >= 0.6 is 0 Å². The number of pyridine rings is 1. The Kier molecular flexibility index (Phi) is 3.48. The second-order valence-electron chi connectivity index (χ2n) is 6.13. The molecule has 1 unspecified atom stereocenters. The van der Waals surface area contributed by atoms with Gasteiger partial charge in [0, 0.05) is 29.4 Å². The second-order valence-corrected chi connectivity index (χ2v) is 6.13. The number of rotatable bonds is 3. The van der Waals surface area contributed by atoms with Gasteiger partial charge < -0.3 is 10.6 Å². The zero-order valence-electron chi connectivity index (χ0n) is 12.3. The van der Waals surface area contributed by atoms with Gasteiger partial charge in [0.15, 0.2) is 0 Å². The number of hydrogen-bond acceptors (Lipinski definition) is 3. The predicted molar refractivity (Wildman–Crippen MR) is 83.6 cm³/mol. The van der Waals surface area contributed by atoms with E-state index in [4.69, 9.17) is 5.73 Å². The number of nitrogens with two attached hydrogens (primary N) is 1. The van der Waals surface area contributed by atoms with Gasteiger partial charge in [-0.2, -0.15) is 0 Å². The lowest BCUT2D eigenvalue weighted by Crippen LogP contribution is -2.50. The van der Waals surface area contributed by atoms with E-state index in [0.717, 1.165) is 0 Å². The van der Waals surface area contributed by atoms with Crippen LogP contribution < -0.4 is 5.73 Å². The fraction of sp³-hybridized carbons (Fsp3) is 0.471. The summed E-state index contributed by atoms with van der Waals surface area (Å²) in [6.45, 7) is 0. The highest BCUT2D eigenvalue weighted by Crippen LogP contribution is 2.43. The Bertz CT molecular complexity index is 595. The van der Waals surface area contributed by atoms with Crippen molar-refractivity contribution in [2.75, 3.05) is 14.1 Å². The number of hydrogen-bond donors (Lipinski definition) is 1. The average molecular weight is 269 g/mol. The highest BCUT2D eigenvalue weighted by molar-refractivity contribution is 5.85. The Balaban J connectivity index is 2.10. The van der Waals surface area contributed by atoms with Crippen molar-refractivity contribution in [1.82, 2.24) is 9.88 Å². The summed E-state index contributed by atoms with van der Waals surface area (Å²) in [5, 5.41) is 2.41. The lowest BCUT2D eigenvalue weighted by atomic mass is 9.81. The van der Waals surface area contributed by atoms with Gasteiger partial charge >= 0.3 is 0 Å². The molecule has 3 nitrogen and oxygen atoms in total. The fourth-order valence-electron chi connectivity index (χ4n) is 3.72. The van der Waals surface area contributed by atoms with Crippen LogP contribution in [0.15, 0.2) is 36.7 Å². The summed E-state index contributed by atoms with van der Waals surface area (Å²) in [4.78, 5) is 6.61. The molecule has 1 atom stereocenters. The molecule has 1 aliphatic carbocycles. The maximum atomic E-state index is 6.73. The van der Waals surface area contributed by atoms with Gasteiger partial charge in [-0.25, -0.2) is 0 Å². The minimum Gasteiger partial charge on any atom is -0.322 e. The van der Waals surface area contributed by atoms with Gasteiger partial charge in [0.2, 0.25) is 0 Å². The standard InChI is InChI=1S/C17H23N3/c1-20(2)17(9-3-4-10-17)16(18)14-7-5-6-13-8-11-19-12-15(13)14/h5-8,11-12,16H,3-4,9-10,18H2,1-2H3. The van der Waals surface area contributed by atoms with Crippen molar-refractivity contribution in [2.24, 2.45) is 5.73 Å². The Morgan fingerprint density at radius 2 is 1.95 bits per heavy atom. The summed E-state index contributed by atoms with van der Waals surface area (Å²) in [5.41, 5.74) is 8.05. The van der Waals surface area contributed by atoms with E-state index in [1.165, 1.54) is 42.0 Å². The van der Waals surface area contributed by atoms with Crippen molar-refractivity contribution in [3.8, 4) is 0 Å². The van der Waals surface area contributed by atoms with Crippen molar-refractivity contribution in [2.45, 2.75) is 37.3 Å². The van der Waals surface area contributed by atoms with Crippen LogP contribution in [0.3, 0.4) is 0 Å². The van der Waals surface area contributed by atoms with Crippen LogP contribution in [0.25, 0.3) is 10.8 Å². The van der Waals surface area contributed by atoms with Crippen LogP contribution in [-0.4, -0.2) is 29.5 Å². The van der Waals surface area contributed by atoms with Crippen molar-refractivity contribution in [3.63, 3.8) is 0 Å². The summed E-state index contributed by atoms with van der Waals surface area (Å²) >= 11 is 0. The summed E-state index contributed by atoms with van der Waals surface area (Å²) in [6, 6.07) is 8.49. The fourth-order valence-corrected chi connectivity index (χ4v) is 3.72. The largest absolute Gasteiger partial charge is 0.322 e. The smallest absolute Gasteiger partial charge is 0.0488 e. The van der Waals surface area contributed by atoms with Crippen LogP contribution in [0, 0.1) is 0 Å². The molecule has 1 aromatic heterocycles. The molecule has 1 fully saturated rings. The second kappa shape index (κ2) is 5.15. The molecule has 3 rings (SSSR count). The van der Waals surface area contributed by atoms with Crippen LogP contribution in [0.5, 0.6) is 0 Å². The van der Waals surface area contributed by atoms with E-state index in [1.54, 1.807) is 0 Å². The molecular formula is C17H23N3. The molecule has 1 aliphatic rings. The number of likely N-dealkylation sites (N-methyl/N-ethyl adjacent to an activating group) is 1. The van der Waals surface area contributed by atoms with E-state index >= 15 is 0 Å². The molecule has 0 radical (unpaired) electrons. The molecule has 0 aliphatic heterocycles. The molecule has 3 heteroatoms. The van der Waals surface area contributed by atoms with Gasteiger partial charge in [-0.15, -0.1) is 0 Å². The Hall–Kier alpha value is -1.45. The van der Waals surface area contributed by atoms with Crippen LogP contribution in [0.2, 0.25) is 0 Å². The van der Waals surface area contributed by atoms with Crippen LogP contribution in [-0.2, 0) is 0 Å². The number of fused-ring (bicyclic) bond motifs is 1. The first kappa shape index (κ1) is 13.5. The molecule has 0 saturated heterocycles. The molecule has 0 amide bonds. The molecule has 0 bridgehead atoms. The summed E-state index contributed by atoms with van der Waals surface area (Å²) < 4.78 is 0. The molecule has 1 saturated carbocycles. The number of nitrogens with zero attached hydrogens (tertiary/aromatic N) is 2. The topological polar surface area (TPSA) is 42.1 Å². The van der Waals surface area contributed by atoms with E-state index in [1.807, 2.05) is 12.4 Å². The van der Waals surface area contributed by atoms with Gasteiger partial charge in [-0.05, 0) is 44.0 Å². The lowest BCUT2D eigenvalue weighted by Gasteiger charge is -2.42. The zero-order valence-corrected chi connectivity index (χ0v) is 12.3. The third-order valence-electron chi connectivity index (χ3n) is 4.99. The third-order valence-corrected chi connectivity index (χ3v) is 4.99. The SMILES string of the molecule is CN(C)C1(C(N)c2cccc3ccncc23)CCCC1. The molecular weight excluding hydrogens is 246 g/mol. The lowest BCUT2D eigenvalue weighted by molar-refractivity contribution is 0.124. The monoisotopic (exact) mass is 269 g/mol. The molecule has 1 heterocycles. The quantitative estimate of drug-likeness (QED) is 0.931. The van der Waals surface area contributed by atoms with Crippen molar-refractivity contribution in [3.05, 3.63) is 42.2 Å². The highest BCUT2D eigenvalue weighted by Gasteiger charge is 2.42. The minimum absolute atomic E-state index is 0.0351. The van der Waals surface area contributed by atoms with Gasteiger partial charge in [-0.3, -0.25) is 4.98 Å². The molecule has 20 heavy (non-hydrogen) atoms. The molecule has 2 N–H and O–H groups in total. The normalized spacial score (nSPS) is 19.6. The number of aromatic nitrogens is 1. The number of benzene rings is 1. The van der Waals surface area contributed by atoms with Crippen LogP contribution in [0.1, 0.15) is 37.3 Å². The molecule has 2 aromatic rings. The molecule has 1 aromatic carbocycles. The van der Waals surface area contributed by atoms with E-state index in [-0.39, 0.29) is 11.6 Å². The van der Waals surface area contributed by atoms with Crippen molar-refractivity contribution in [1.29, 1.82) is 0 Å². The summed E-state index contributed by atoms with van der Waals surface area (Å²) in [6.07, 6.45) is 8.69. The van der Waals surface area contributed by atoms with E-state index in [9.17, 15) is 0 Å². The van der Waals surface area contributed by atoms with E-state index in [2.05, 4.69) is 48.2 Å². The molecule has 0 spiro atoms. The van der Waals surface area contributed by atoms with Crippen molar-refractivity contribution < 1.29 is 0 Å². The van der Waals surface area contributed by atoms with Gasteiger partial charge in [0.1, 0.15) is 0 Å². The maximum Gasteiger partial charge on any atom is 0.0488 e. The first-order valence-corrected chi connectivity index (χ1v) is 7.41. The Morgan fingerprint density at radius 3 is 2.65 bits per heavy atom. The third kappa shape index (κ3) is 2.02. The molecule has 106 valence electrons. The summed E-state index contributed by atoms with van der Waals surface area (Å²) in [5.74, 6) is 0. The predicted octanol–water partition coefficient (Wildman–Crippen LogP) is 3.11. The Labute approximate surface area is 120 Å². The first-order chi connectivity index (χ1) is 9.65. The van der Waals surface area contributed by atoms with Crippen molar-refractivity contribution >= 4 is 10.8 Å². The summed E-state index contributed by atoms with van der Waals surface area (Å²) in [7, 11) is 4.32. The zero-order chi connectivity index (χ0) is 14.2. The van der Waals surface area contributed by atoms with Gasteiger partial charge in [-0.1, -0.05) is 31.0 Å². The van der Waals surface area contributed by atoms with E-state index < -0.39 is 0 Å². The van der Waals surface area contributed by atoms with E-state index in [0.29, 0.717) is 0 Å². The first-order valence-electron chi connectivity index (χ1n) is 7.41. The Morgan fingerprint density at radius 1 is 1.20 bits per heavy atom. The average Bonchev–Trinajstić information content (AvgIpc) is 2.97.